The normalized spacial score (nSPS) is 16.5. The molecular weight excluding hydrogens is 432 g/mol. The summed E-state index contributed by atoms with van der Waals surface area (Å²) in [7, 11) is 0. The van der Waals surface area contributed by atoms with Gasteiger partial charge in [-0.3, -0.25) is 0 Å². The second-order valence-corrected chi connectivity index (χ2v) is 8.65. The standard InChI is InChI=1S/C25H26N6O3/c1-16-12-17(14-26)13-20(32)23(16)19-6-7-21-24(29-19)30-25(34-21)28-18-4-2-9-31(15-18)10-3-5-22-27-8-11-33-22/h6-8,11-13,18,32H,2-5,9-10,15H2,1H3,(H,28,29,30)/t18-/m1/s1. The van der Waals surface area contributed by atoms with Crippen LogP contribution in [0.3, 0.4) is 0 Å². The molecule has 4 heterocycles. The number of nitrogens with one attached hydrogen (secondary N) is 1. The third-order valence-electron chi connectivity index (χ3n) is 6.13. The number of hydrogen-bond donors (Lipinski definition) is 2. The fourth-order valence-corrected chi connectivity index (χ4v) is 4.57. The molecule has 4 aromatic rings. The first kappa shape index (κ1) is 21.9. The lowest BCUT2D eigenvalue weighted by Gasteiger charge is -2.32. The van der Waals surface area contributed by atoms with E-state index in [2.05, 4.69) is 31.2 Å². The van der Waals surface area contributed by atoms with E-state index in [-0.39, 0.29) is 11.8 Å². The molecule has 2 N–H and O–H groups in total. The molecule has 9 nitrogen and oxygen atoms in total. The van der Waals surface area contributed by atoms with Crippen LogP contribution in [0.5, 0.6) is 5.75 Å². The van der Waals surface area contributed by atoms with Gasteiger partial charge in [0.05, 0.1) is 23.5 Å². The van der Waals surface area contributed by atoms with Gasteiger partial charge in [0.1, 0.15) is 12.0 Å². The van der Waals surface area contributed by atoms with E-state index in [1.807, 2.05) is 13.0 Å². The molecule has 0 amide bonds. The minimum atomic E-state index is 0.0235. The maximum Gasteiger partial charge on any atom is 0.297 e. The number of nitriles is 1. The lowest BCUT2D eigenvalue weighted by atomic mass is 10.0. The summed E-state index contributed by atoms with van der Waals surface area (Å²) in [6.45, 7) is 4.83. The molecule has 0 spiro atoms. The van der Waals surface area contributed by atoms with Crippen molar-refractivity contribution in [3.63, 3.8) is 0 Å². The highest BCUT2D eigenvalue weighted by molar-refractivity contribution is 5.78. The smallest absolute Gasteiger partial charge is 0.297 e. The van der Waals surface area contributed by atoms with E-state index in [4.69, 9.17) is 14.1 Å². The van der Waals surface area contributed by atoms with E-state index < -0.39 is 0 Å². The zero-order valence-electron chi connectivity index (χ0n) is 19.0. The van der Waals surface area contributed by atoms with Crippen molar-refractivity contribution in [2.24, 2.45) is 0 Å². The third-order valence-corrected chi connectivity index (χ3v) is 6.13. The van der Waals surface area contributed by atoms with Crippen molar-refractivity contribution >= 4 is 17.2 Å². The minimum absolute atomic E-state index is 0.0235. The number of pyridine rings is 1. The number of aromatic hydroxyl groups is 1. The predicted octanol–water partition coefficient (Wildman–Crippen LogP) is 4.27. The van der Waals surface area contributed by atoms with Crippen LogP contribution in [0.4, 0.5) is 6.01 Å². The van der Waals surface area contributed by atoms with E-state index in [0.717, 1.165) is 56.8 Å². The third kappa shape index (κ3) is 4.72. The Bertz CT molecular complexity index is 1300. The molecule has 1 fully saturated rings. The number of phenols is 1. The molecule has 0 bridgehead atoms. The summed E-state index contributed by atoms with van der Waals surface area (Å²) in [5.41, 5.74) is 3.41. The average Bonchev–Trinajstić information content (AvgIpc) is 3.48. The van der Waals surface area contributed by atoms with E-state index in [1.54, 1.807) is 24.6 Å². The Morgan fingerprint density at radius 1 is 1.29 bits per heavy atom. The van der Waals surface area contributed by atoms with Crippen molar-refractivity contribution in [1.29, 1.82) is 5.26 Å². The molecule has 5 rings (SSSR count). The number of aromatic nitrogens is 3. The van der Waals surface area contributed by atoms with Crippen LogP contribution in [0.2, 0.25) is 0 Å². The second-order valence-electron chi connectivity index (χ2n) is 8.65. The van der Waals surface area contributed by atoms with E-state index in [0.29, 0.717) is 34.1 Å². The summed E-state index contributed by atoms with van der Waals surface area (Å²) in [6.07, 6.45) is 7.30. The fourth-order valence-electron chi connectivity index (χ4n) is 4.57. The number of piperidine rings is 1. The lowest BCUT2D eigenvalue weighted by Crippen LogP contribution is -2.42. The number of fused-ring (bicyclic) bond motifs is 1. The maximum atomic E-state index is 10.4. The largest absolute Gasteiger partial charge is 0.507 e. The monoisotopic (exact) mass is 458 g/mol. The molecule has 1 atom stereocenters. The molecule has 174 valence electrons. The first-order valence-corrected chi connectivity index (χ1v) is 11.5. The van der Waals surface area contributed by atoms with Crippen LogP contribution in [0.1, 0.15) is 36.3 Å². The highest BCUT2D eigenvalue weighted by Crippen LogP contribution is 2.33. The quantitative estimate of drug-likeness (QED) is 0.417. The van der Waals surface area contributed by atoms with Crippen molar-refractivity contribution in [2.75, 3.05) is 25.0 Å². The zero-order valence-corrected chi connectivity index (χ0v) is 19.0. The number of oxazole rings is 2. The maximum absolute atomic E-state index is 10.4. The van der Waals surface area contributed by atoms with Crippen molar-refractivity contribution in [3.8, 4) is 23.1 Å². The number of nitrogens with zero attached hydrogens (tertiary/aromatic N) is 5. The van der Waals surface area contributed by atoms with Crippen LogP contribution < -0.4 is 5.32 Å². The van der Waals surface area contributed by atoms with Gasteiger partial charge in [0.15, 0.2) is 11.5 Å². The average molecular weight is 459 g/mol. The molecule has 1 saturated heterocycles. The Hall–Kier alpha value is -3.90. The van der Waals surface area contributed by atoms with Crippen LogP contribution in [-0.4, -0.2) is 50.6 Å². The van der Waals surface area contributed by atoms with E-state index >= 15 is 0 Å². The summed E-state index contributed by atoms with van der Waals surface area (Å²) in [5.74, 6) is 0.810. The molecule has 9 heteroatoms. The van der Waals surface area contributed by atoms with Gasteiger partial charge in [-0.25, -0.2) is 9.97 Å². The molecule has 0 saturated carbocycles. The van der Waals surface area contributed by atoms with Crippen molar-refractivity contribution in [2.45, 2.75) is 38.6 Å². The Morgan fingerprint density at radius 2 is 2.21 bits per heavy atom. The molecular formula is C25H26N6O3. The van der Waals surface area contributed by atoms with Gasteiger partial charge in [-0.2, -0.15) is 10.2 Å². The molecule has 1 aliphatic rings. The minimum Gasteiger partial charge on any atom is -0.507 e. The molecule has 1 aliphatic heterocycles. The molecule has 34 heavy (non-hydrogen) atoms. The van der Waals surface area contributed by atoms with Gasteiger partial charge >= 0.3 is 0 Å². The molecule has 0 unspecified atom stereocenters. The lowest BCUT2D eigenvalue weighted by molar-refractivity contribution is 0.211. The van der Waals surface area contributed by atoms with Crippen LogP contribution >= 0.6 is 0 Å². The SMILES string of the molecule is Cc1cc(C#N)cc(O)c1-c1ccc2oc(N[C@@H]3CCCN(CCCc4ncco4)C3)nc2n1. The molecule has 3 aromatic heterocycles. The van der Waals surface area contributed by atoms with Crippen LogP contribution in [0, 0.1) is 18.3 Å². The topological polar surface area (TPSA) is 124 Å². The number of likely N-dealkylation sites (tertiary alicyclic amines) is 1. The molecule has 1 aromatic carbocycles. The Kier molecular flexibility index (Phi) is 6.14. The summed E-state index contributed by atoms with van der Waals surface area (Å²) in [4.78, 5) is 15.8. The van der Waals surface area contributed by atoms with Crippen LogP contribution in [0.15, 0.2) is 45.6 Å². The first-order valence-electron chi connectivity index (χ1n) is 11.5. The van der Waals surface area contributed by atoms with Gasteiger partial charge in [0.2, 0.25) is 5.65 Å². The highest BCUT2D eigenvalue weighted by atomic mass is 16.4. The number of rotatable bonds is 7. The summed E-state index contributed by atoms with van der Waals surface area (Å²) < 4.78 is 11.2. The Balaban J connectivity index is 1.25. The van der Waals surface area contributed by atoms with Crippen molar-refractivity contribution < 1.29 is 13.9 Å². The van der Waals surface area contributed by atoms with Crippen LogP contribution in [-0.2, 0) is 6.42 Å². The second kappa shape index (κ2) is 9.53. The van der Waals surface area contributed by atoms with Gasteiger partial charge in [0, 0.05) is 24.6 Å². The van der Waals surface area contributed by atoms with Crippen molar-refractivity contribution in [3.05, 3.63) is 53.7 Å². The molecule has 0 aliphatic carbocycles. The number of aryl methyl sites for hydroxylation is 2. The van der Waals surface area contributed by atoms with E-state index in [1.165, 1.54) is 6.07 Å². The summed E-state index contributed by atoms with van der Waals surface area (Å²) in [5, 5.41) is 23.0. The van der Waals surface area contributed by atoms with Gasteiger partial charge in [-0.15, -0.1) is 0 Å². The van der Waals surface area contributed by atoms with Gasteiger partial charge in [0.25, 0.3) is 6.01 Å². The predicted molar refractivity (Wildman–Crippen MR) is 126 cm³/mol. The number of anilines is 1. The Labute approximate surface area is 197 Å². The van der Waals surface area contributed by atoms with E-state index in [9.17, 15) is 5.11 Å². The van der Waals surface area contributed by atoms with Gasteiger partial charge in [-0.05, 0) is 69.1 Å². The number of phenolic OH excluding ortho intramolecular Hbond substituents is 1. The van der Waals surface area contributed by atoms with Crippen LogP contribution in [0.25, 0.3) is 22.5 Å². The summed E-state index contributed by atoms with van der Waals surface area (Å²) >= 11 is 0. The first-order chi connectivity index (χ1) is 16.6. The highest BCUT2D eigenvalue weighted by Gasteiger charge is 2.22. The Morgan fingerprint density at radius 3 is 3.00 bits per heavy atom. The van der Waals surface area contributed by atoms with Gasteiger partial charge < -0.3 is 24.2 Å². The summed E-state index contributed by atoms with van der Waals surface area (Å²) in [6, 6.07) is 9.53. The van der Waals surface area contributed by atoms with Crippen molar-refractivity contribution in [1.82, 2.24) is 19.9 Å². The molecule has 0 radical (unpaired) electrons. The fraction of sp³-hybridized carbons (Fsp3) is 0.360. The zero-order chi connectivity index (χ0) is 23.5. The van der Waals surface area contributed by atoms with Gasteiger partial charge in [-0.1, -0.05) is 0 Å². The number of benzene rings is 1. The number of hydrogen-bond acceptors (Lipinski definition) is 9.